The van der Waals surface area contributed by atoms with E-state index in [0.29, 0.717) is 0 Å². The molecule has 0 aliphatic carbocycles. The van der Waals surface area contributed by atoms with Crippen molar-refractivity contribution in [3.05, 3.63) is 65.1 Å². The Hall–Kier alpha value is -1.98. The maximum Gasteiger partial charge on any atom is 0.0991 e. The van der Waals surface area contributed by atoms with E-state index in [2.05, 4.69) is 39.6 Å². The van der Waals surface area contributed by atoms with E-state index in [1.165, 1.54) is 10.4 Å². The zero-order valence-corrected chi connectivity index (χ0v) is 11.2. The van der Waals surface area contributed by atoms with Gasteiger partial charge in [0, 0.05) is 42.2 Å². The fraction of sp³-hybridized carbons (Fsp3) is 0.143. The number of thiazole rings is 1. The van der Waals surface area contributed by atoms with Gasteiger partial charge in [0.25, 0.3) is 0 Å². The standard InChI is InChI=1S/C14H14N4S/c1-3-13(18-6-5-15-10-18)4-2-12(1)7-16-8-14-9-17-11-19-14/h1-6,9-11,16H,7-8H2. The van der Waals surface area contributed by atoms with Crippen LogP contribution in [0.1, 0.15) is 10.4 Å². The van der Waals surface area contributed by atoms with Crippen LogP contribution in [0.5, 0.6) is 0 Å². The largest absolute Gasteiger partial charge is 0.308 e. The van der Waals surface area contributed by atoms with Crippen molar-refractivity contribution in [1.82, 2.24) is 19.9 Å². The molecule has 0 aliphatic heterocycles. The summed E-state index contributed by atoms with van der Waals surface area (Å²) in [6.07, 6.45) is 7.43. The maximum atomic E-state index is 4.06. The third kappa shape index (κ3) is 3.07. The van der Waals surface area contributed by atoms with Gasteiger partial charge in [0.15, 0.2) is 0 Å². The van der Waals surface area contributed by atoms with Crippen molar-refractivity contribution < 1.29 is 0 Å². The molecule has 0 spiro atoms. The van der Waals surface area contributed by atoms with Gasteiger partial charge >= 0.3 is 0 Å². The molecule has 19 heavy (non-hydrogen) atoms. The second kappa shape index (κ2) is 5.77. The van der Waals surface area contributed by atoms with E-state index in [1.54, 1.807) is 23.9 Å². The van der Waals surface area contributed by atoms with Crippen molar-refractivity contribution >= 4 is 11.3 Å². The average Bonchev–Trinajstić information content (AvgIpc) is 3.13. The molecule has 4 nitrogen and oxygen atoms in total. The number of aromatic nitrogens is 3. The normalized spacial score (nSPS) is 10.7. The molecule has 3 aromatic rings. The highest BCUT2D eigenvalue weighted by Gasteiger charge is 1.98. The number of rotatable bonds is 5. The number of benzene rings is 1. The van der Waals surface area contributed by atoms with Crippen LogP contribution in [0, 0.1) is 0 Å². The number of nitrogens with zero attached hydrogens (tertiary/aromatic N) is 3. The Labute approximate surface area is 115 Å². The molecule has 1 aromatic carbocycles. The highest BCUT2D eigenvalue weighted by atomic mass is 32.1. The fourth-order valence-electron chi connectivity index (χ4n) is 1.86. The van der Waals surface area contributed by atoms with Crippen molar-refractivity contribution in [3.8, 4) is 5.69 Å². The van der Waals surface area contributed by atoms with Gasteiger partial charge in [0.05, 0.1) is 11.8 Å². The number of nitrogens with one attached hydrogen (secondary N) is 1. The lowest BCUT2D eigenvalue weighted by molar-refractivity contribution is 0.700. The minimum absolute atomic E-state index is 0.863. The topological polar surface area (TPSA) is 42.7 Å². The molecule has 0 fully saturated rings. The lowest BCUT2D eigenvalue weighted by atomic mass is 10.2. The zero-order valence-electron chi connectivity index (χ0n) is 10.4. The van der Waals surface area contributed by atoms with Gasteiger partial charge < -0.3 is 9.88 Å². The van der Waals surface area contributed by atoms with Gasteiger partial charge in [-0.3, -0.25) is 4.98 Å². The predicted octanol–water partition coefficient (Wildman–Crippen LogP) is 2.62. The first-order chi connectivity index (χ1) is 9.42. The van der Waals surface area contributed by atoms with Gasteiger partial charge in [-0.2, -0.15) is 0 Å². The van der Waals surface area contributed by atoms with Crippen molar-refractivity contribution in [2.24, 2.45) is 0 Å². The molecular weight excluding hydrogens is 256 g/mol. The van der Waals surface area contributed by atoms with Crippen LogP contribution in [0.3, 0.4) is 0 Å². The first-order valence-corrected chi connectivity index (χ1v) is 6.95. The third-order valence-corrected chi connectivity index (χ3v) is 3.63. The van der Waals surface area contributed by atoms with Crippen molar-refractivity contribution in [1.29, 1.82) is 0 Å². The molecule has 5 heteroatoms. The summed E-state index contributed by atoms with van der Waals surface area (Å²) in [4.78, 5) is 9.36. The van der Waals surface area contributed by atoms with Crippen LogP contribution in [0.15, 0.2) is 54.7 Å². The van der Waals surface area contributed by atoms with Crippen LogP contribution >= 0.6 is 11.3 Å². The van der Waals surface area contributed by atoms with Crippen molar-refractivity contribution in [2.75, 3.05) is 0 Å². The molecule has 2 aromatic heterocycles. The molecule has 3 rings (SSSR count). The SMILES string of the molecule is c1cn(-c2ccc(CNCc3cncs3)cc2)cn1. The van der Waals surface area contributed by atoms with Gasteiger partial charge in [0.2, 0.25) is 0 Å². The molecule has 0 amide bonds. The van der Waals surface area contributed by atoms with Crippen LogP contribution in [-0.4, -0.2) is 14.5 Å². The quantitative estimate of drug-likeness (QED) is 0.775. The van der Waals surface area contributed by atoms with Gasteiger partial charge in [-0.1, -0.05) is 12.1 Å². The summed E-state index contributed by atoms with van der Waals surface area (Å²) in [7, 11) is 0. The summed E-state index contributed by atoms with van der Waals surface area (Å²) in [5.74, 6) is 0. The third-order valence-electron chi connectivity index (χ3n) is 2.85. The minimum atomic E-state index is 0.863. The van der Waals surface area contributed by atoms with Crippen LogP contribution < -0.4 is 5.32 Å². The van der Waals surface area contributed by atoms with Crippen molar-refractivity contribution in [2.45, 2.75) is 13.1 Å². The van der Waals surface area contributed by atoms with E-state index in [1.807, 2.05) is 22.5 Å². The van der Waals surface area contributed by atoms with Gasteiger partial charge in [0.1, 0.15) is 0 Å². The lowest BCUT2D eigenvalue weighted by Crippen LogP contribution is -2.11. The Morgan fingerprint density at radius 1 is 1.11 bits per heavy atom. The molecule has 0 atom stereocenters. The first-order valence-electron chi connectivity index (χ1n) is 6.07. The monoisotopic (exact) mass is 270 g/mol. The molecule has 96 valence electrons. The Bertz CT molecular complexity index is 599. The van der Waals surface area contributed by atoms with E-state index in [-0.39, 0.29) is 0 Å². The smallest absolute Gasteiger partial charge is 0.0991 e. The van der Waals surface area contributed by atoms with Crippen molar-refractivity contribution in [3.63, 3.8) is 0 Å². The van der Waals surface area contributed by atoms with E-state index in [0.717, 1.165) is 18.8 Å². The highest BCUT2D eigenvalue weighted by molar-refractivity contribution is 7.09. The summed E-state index contributed by atoms with van der Waals surface area (Å²) in [5, 5.41) is 3.41. The van der Waals surface area contributed by atoms with Crippen LogP contribution in [-0.2, 0) is 13.1 Å². The van der Waals surface area contributed by atoms with E-state index in [9.17, 15) is 0 Å². The molecule has 0 bridgehead atoms. The summed E-state index contributed by atoms with van der Waals surface area (Å²) in [6.45, 7) is 1.73. The Kier molecular flexibility index (Phi) is 3.67. The van der Waals surface area contributed by atoms with E-state index in [4.69, 9.17) is 0 Å². The number of hydrogen-bond acceptors (Lipinski definition) is 4. The highest BCUT2D eigenvalue weighted by Crippen LogP contribution is 2.10. The average molecular weight is 270 g/mol. The Morgan fingerprint density at radius 3 is 2.68 bits per heavy atom. The van der Waals surface area contributed by atoms with Gasteiger partial charge in [-0.25, -0.2) is 4.98 Å². The fourth-order valence-corrected chi connectivity index (χ4v) is 2.42. The Balaban J connectivity index is 1.57. The van der Waals surface area contributed by atoms with Crippen LogP contribution in [0.25, 0.3) is 5.69 Å². The van der Waals surface area contributed by atoms with E-state index < -0.39 is 0 Å². The molecule has 2 heterocycles. The molecule has 1 N–H and O–H groups in total. The lowest BCUT2D eigenvalue weighted by Gasteiger charge is -2.05. The summed E-state index contributed by atoms with van der Waals surface area (Å²) < 4.78 is 1.99. The number of imidazole rings is 1. The van der Waals surface area contributed by atoms with Crippen LogP contribution in [0.2, 0.25) is 0 Å². The molecular formula is C14H14N4S. The molecule has 0 unspecified atom stereocenters. The molecule has 0 saturated heterocycles. The molecule has 0 radical (unpaired) electrons. The summed E-state index contributed by atoms with van der Waals surface area (Å²) in [6, 6.07) is 8.47. The first kappa shape index (κ1) is 12.1. The van der Waals surface area contributed by atoms with E-state index >= 15 is 0 Å². The minimum Gasteiger partial charge on any atom is -0.308 e. The molecule has 0 saturated carbocycles. The number of hydrogen-bond donors (Lipinski definition) is 1. The summed E-state index contributed by atoms with van der Waals surface area (Å²) in [5.41, 5.74) is 4.26. The van der Waals surface area contributed by atoms with Crippen LogP contribution in [0.4, 0.5) is 0 Å². The predicted molar refractivity (Wildman–Crippen MR) is 76.2 cm³/mol. The van der Waals surface area contributed by atoms with Gasteiger partial charge in [-0.05, 0) is 17.7 Å². The molecule has 0 aliphatic rings. The second-order valence-electron chi connectivity index (χ2n) is 4.21. The second-order valence-corrected chi connectivity index (χ2v) is 5.18. The van der Waals surface area contributed by atoms with Gasteiger partial charge in [-0.15, -0.1) is 11.3 Å². The Morgan fingerprint density at radius 2 is 2.00 bits per heavy atom. The zero-order chi connectivity index (χ0) is 12.9. The maximum absolute atomic E-state index is 4.06. The summed E-state index contributed by atoms with van der Waals surface area (Å²) >= 11 is 1.67.